The third-order valence-electron chi connectivity index (χ3n) is 7.75. The molecule has 0 bridgehead atoms. The zero-order chi connectivity index (χ0) is 36.7. The maximum absolute atomic E-state index is 14.2. The third-order valence-corrected chi connectivity index (χ3v) is 7.75. The average Bonchev–Trinajstić information content (AvgIpc) is 3.01. The van der Waals surface area contributed by atoms with Crippen LogP contribution in [0.3, 0.4) is 0 Å². The Morgan fingerprint density at radius 1 is 0.667 bits per heavy atom. The molecule has 17 heteroatoms. The van der Waals surface area contributed by atoms with E-state index in [9.17, 15) is 57.5 Å². The summed E-state index contributed by atoms with van der Waals surface area (Å²) in [6, 6.07) is 0. The molecule has 5 nitrogen and oxygen atoms in total. The molecule has 0 aliphatic carbocycles. The minimum atomic E-state index is -7.61. The summed E-state index contributed by atoms with van der Waals surface area (Å²) in [5.41, 5.74) is -0.312. The topological polar surface area (TPSA) is 54.0 Å². The second-order valence-electron chi connectivity index (χ2n) is 11.8. The van der Waals surface area contributed by atoms with Gasteiger partial charge in [0.2, 0.25) is 0 Å². The van der Waals surface area contributed by atoms with E-state index in [2.05, 4.69) is 11.3 Å². The summed E-state index contributed by atoms with van der Waals surface area (Å²) in [6.07, 6.45) is 0.313. The summed E-state index contributed by atoms with van der Waals surface area (Å²) >= 11 is 0. The van der Waals surface area contributed by atoms with Gasteiger partial charge < -0.3 is 18.9 Å². The Morgan fingerprint density at radius 3 is 1.73 bits per heavy atom. The Bertz CT molecular complexity index is 956. The molecule has 1 aliphatic heterocycles. The molecule has 0 amide bonds. The molecule has 1 atom stereocenters. The van der Waals surface area contributed by atoms with E-state index in [-0.39, 0.29) is 37.9 Å². The number of carbonyl (C=O) groups excluding carboxylic acids is 1. The number of carbonyl (C=O) groups is 1. The van der Waals surface area contributed by atoms with Gasteiger partial charge in [-0.25, -0.2) is 4.79 Å². The smallest absolute Gasteiger partial charge is 0.384 e. The first-order chi connectivity index (χ1) is 22.2. The van der Waals surface area contributed by atoms with Gasteiger partial charge >= 0.3 is 41.5 Å². The SMILES string of the molecule is C=C(COCCCCCCOC1CCCCO1)C(=O)OCCCC(F)(F)C(F)(F)C(F)(F)C(F)(F)C(F)(F)C(F)(F)CCCCCCC. The zero-order valence-electron chi connectivity index (χ0n) is 27.0. The van der Waals surface area contributed by atoms with E-state index in [0.29, 0.717) is 32.5 Å². The highest BCUT2D eigenvalue weighted by Crippen LogP contribution is 2.61. The standard InChI is InChI=1S/C31H46F12O5/c1-3-4-5-6-10-16-26(32,33)28(36,37)30(40,41)31(42,43)29(38,39)27(34,35)17-14-21-48-25(44)23(2)22-45-18-11-7-8-12-19-46-24-15-9-13-20-47-24/h24H,2-22H2,1H3. The molecule has 0 saturated carbocycles. The molecule has 0 aromatic heterocycles. The Morgan fingerprint density at radius 2 is 1.19 bits per heavy atom. The number of ether oxygens (including phenoxy) is 4. The number of rotatable bonds is 26. The molecule has 284 valence electrons. The van der Waals surface area contributed by atoms with Crippen molar-refractivity contribution in [1.82, 2.24) is 0 Å². The Hall–Kier alpha value is -1.75. The van der Waals surface area contributed by atoms with Gasteiger partial charge in [-0.2, -0.15) is 52.7 Å². The van der Waals surface area contributed by atoms with Crippen molar-refractivity contribution < 1.29 is 76.4 Å². The molecule has 0 aromatic rings. The highest BCUT2D eigenvalue weighted by Gasteiger charge is 2.89. The molecule has 0 aromatic carbocycles. The summed E-state index contributed by atoms with van der Waals surface area (Å²) in [5.74, 6) is -42.8. The Balaban J connectivity index is 2.50. The van der Waals surface area contributed by atoms with Gasteiger partial charge in [0, 0.05) is 32.7 Å². The van der Waals surface area contributed by atoms with Crippen molar-refractivity contribution in [2.45, 2.75) is 145 Å². The highest BCUT2D eigenvalue weighted by molar-refractivity contribution is 5.87. The summed E-state index contributed by atoms with van der Waals surface area (Å²) in [7, 11) is 0. The fraction of sp³-hybridized carbons (Fsp3) is 0.903. The lowest BCUT2D eigenvalue weighted by molar-refractivity contribution is -0.425. The number of hydrogen-bond acceptors (Lipinski definition) is 5. The predicted octanol–water partition coefficient (Wildman–Crippen LogP) is 10.2. The van der Waals surface area contributed by atoms with E-state index < -0.39 is 73.8 Å². The molecule has 1 rings (SSSR count). The molecular weight excluding hydrogens is 680 g/mol. The van der Waals surface area contributed by atoms with Gasteiger partial charge in [-0.1, -0.05) is 52.0 Å². The van der Waals surface area contributed by atoms with Crippen LogP contribution in [0.4, 0.5) is 52.7 Å². The van der Waals surface area contributed by atoms with Crippen LogP contribution >= 0.6 is 0 Å². The average molecular weight is 727 g/mol. The molecule has 48 heavy (non-hydrogen) atoms. The minimum Gasteiger partial charge on any atom is -0.462 e. The van der Waals surface area contributed by atoms with Crippen molar-refractivity contribution in [3.8, 4) is 0 Å². The monoisotopic (exact) mass is 726 g/mol. The van der Waals surface area contributed by atoms with Gasteiger partial charge in [0.25, 0.3) is 0 Å². The van der Waals surface area contributed by atoms with Crippen molar-refractivity contribution in [2.24, 2.45) is 0 Å². The van der Waals surface area contributed by atoms with E-state index in [1.165, 1.54) is 0 Å². The molecule has 1 unspecified atom stereocenters. The molecule has 0 spiro atoms. The molecule has 1 fully saturated rings. The molecule has 0 N–H and O–H groups in total. The number of alkyl halides is 12. The van der Waals surface area contributed by atoms with Crippen molar-refractivity contribution in [3.05, 3.63) is 12.2 Å². The number of unbranched alkanes of at least 4 members (excludes halogenated alkanes) is 7. The Labute approximate surface area is 273 Å². The zero-order valence-corrected chi connectivity index (χ0v) is 27.0. The maximum atomic E-state index is 14.2. The van der Waals surface area contributed by atoms with E-state index in [1.54, 1.807) is 6.92 Å². The summed E-state index contributed by atoms with van der Waals surface area (Å²) < 4.78 is 190. The fourth-order valence-electron chi connectivity index (χ4n) is 4.65. The van der Waals surface area contributed by atoms with Crippen molar-refractivity contribution in [1.29, 1.82) is 0 Å². The van der Waals surface area contributed by atoms with Crippen LogP contribution < -0.4 is 0 Å². The number of esters is 1. The molecule has 0 radical (unpaired) electrons. The fourth-order valence-corrected chi connectivity index (χ4v) is 4.65. The molecule has 1 aliphatic rings. The first kappa shape index (κ1) is 44.3. The van der Waals surface area contributed by atoms with Crippen molar-refractivity contribution >= 4 is 5.97 Å². The van der Waals surface area contributed by atoms with Crippen LogP contribution in [0.1, 0.15) is 103 Å². The second kappa shape index (κ2) is 19.6. The van der Waals surface area contributed by atoms with Crippen LogP contribution in [0.2, 0.25) is 0 Å². The second-order valence-corrected chi connectivity index (χ2v) is 11.8. The first-order valence-electron chi connectivity index (χ1n) is 16.1. The maximum Gasteiger partial charge on any atom is 0.384 e. The summed E-state index contributed by atoms with van der Waals surface area (Å²) in [5, 5.41) is 0. The molecule has 1 heterocycles. The van der Waals surface area contributed by atoms with Gasteiger partial charge in [-0.3, -0.25) is 0 Å². The lowest BCUT2D eigenvalue weighted by atomic mass is 9.88. The van der Waals surface area contributed by atoms with Crippen molar-refractivity contribution in [3.63, 3.8) is 0 Å². The lowest BCUT2D eigenvalue weighted by Gasteiger charge is -2.41. The molecular formula is C31H46F12O5. The summed E-state index contributed by atoms with van der Waals surface area (Å²) in [6.45, 7) is 5.03. The van der Waals surface area contributed by atoms with Gasteiger partial charge in [0.1, 0.15) is 0 Å². The van der Waals surface area contributed by atoms with Crippen LogP contribution in [0.15, 0.2) is 12.2 Å². The van der Waals surface area contributed by atoms with Crippen LogP contribution in [0.5, 0.6) is 0 Å². The van der Waals surface area contributed by atoms with Gasteiger partial charge in [0.15, 0.2) is 6.29 Å². The minimum absolute atomic E-state index is 0.172. The normalized spacial score (nSPS) is 17.1. The van der Waals surface area contributed by atoms with Crippen LogP contribution in [-0.2, 0) is 23.7 Å². The predicted molar refractivity (Wildman–Crippen MR) is 151 cm³/mol. The summed E-state index contributed by atoms with van der Waals surface area (Å²) in [4.78, 5) is 11.9. The first-order valence-corrected chi connectivity index (χ1v) is 16.1. The van der Waals surface area contributed by atoms with Gasteiger partial charge in [-0.05, 0) is 44.9 Å². The third kappa shape index (κ3) is 11.9. The van der Waals surface area contributed by atoms with Crippen LogP contribution in [-0.4, -0.2) is 80.8 Å². The lowest BCUT2D eigenvalue weighted by Crippen LogP contribution is -2.70. The largest absolute Gasteiger partial charge is 0.462 e. The van der Waals surface area contributed by atoms with E-state index in [4.69, 9.17) is 14.2 Å². The van der Waals surface area contributed by atoms with Crippen LogP contribution in [0, 0.1) is 0 Å². The molecule has 1 saturated heterocycles. The number of halogens is 12. The number of hydrogen-bond donors (Lipinski definition) is 0. The van der Waals surface area contributed by atoms with Gasteiger partial charge in [-0.15, -0.1) is 0 Å². The van der Waals surface area contributed by atoms with Crippen molar-refractivity contribution in [2.75, 3.05) is 33.0 Å². The van der Waals surface area contributed by atoms with E-state index in [0.717, 1.165) is 38.5 Å². The Kier molecular flexibility index (Phi) is 18.1. The highest BCUT2D eigenvalue weighted by atomic mass is 19.4. The van der Waals surface area contributed by atoms with Gasteiger partial charge in [0.05, 0.1) is 18.8 Å². The van der Waals surface area contributed by atoms with E-state index in [1.807, 2.05) is 0 Å². The quantitative estimate of drug-likeness (QED) is 0.0385. The van der Waals surface area contributed by atoms with E-state index >= 15 is 0 Å². The van der Waals surface area contributed by atoms with Crippen LogP contribution in [0.25, 0.3) is 0 Å².